The number of halogens is 1. The fourth-order valence-corrected chi connectivity index (χ4v) is 2.37. The molecule has 1 heterocycles. The number of aliphatic hydroxyl groups excluding tert-OH is 1. The number of aliphatic hydroxyl groups is 1. The van der Waals surface area contributed by atoms with Crippen molar-refractivity contribution in [2.24, 2.45) is 0 Å². The van der Waals surface area contributed by atoms with Gasteiger partial charge in [0.25, 0.3) is 0 Å². The van der Waals surface area contributed by atoms with E-state index < -0.39 is 24.0 Å². The largest absolute Gasteiger partial charge is 0.482 e. The molecule has 2 unspecified atom stereocenters. The highest BCUT2D eigenvalue weighted by atomic mass is 19.1. The summed E-state index contributed by atoms with van der Waals surface area (Å²) in [5.41, 5.74) is 1.74. The number of ether oxygens (including phenoxy) is 1. The van der Waals surface area contributed by atoms with Crippen molar-refractivity contribution in [1.82, 2.24) is 0 Å². The molecule has 0 saturated carbocycles. The van der Waals surface area contributed by atoms with Crippen molar-refractivity contribution in [3.8, 4) is 16.9 Å². The maximum absolute atomic E-state index is 13.4. The van der Waals surface area contributed by atoms with Gasteiger partial charge in [0.15, 0.2) is 12.2 Å². The SMILES string of the molecule is O=C(O)C(O)C1Oc2ccccc2-c2ccc(F)cc21. The lowest BCUT2D eigenvalue weighted by atomic mass is 9.90. The van der Waals surface area contributed by atoms with E-state index in [0.29, 0.717) is 16.9 Å². The molecule has 0 amide bonds. The number of carboxylic acid groups (broad SMARTS) is 1. The summed E-state index contributed by atoms with van der Waals surface area (Å²) < 4.78 is 19.0. The van der Waals surface area contributed by atoms with Gasteiger partial charge in [-0.1, -0.05) is 24.3 Å². The minimum Gasteiger partial charge on any atom is -0.482 e. The summed E-state index contributed by atoms with van der Waals surface area (Å²) in [6.07, 6.45) is -2.89. The fourth-order valence-electron chi connectivity index (χ4n) is 2.37. The molecule has 0 spiro atoms. The third-order valence-corrected chi connectivity index (χ3v) is 3.29. The van der Waals surface area contributed by atoms with E-state index in [0.717, 1.165) is 5.56 Å². The van der Waals surface area contributed by atoms with Gasteiger partial charge in [-0.3, -0.25) is 0 Å². The number of hydrogen-bond donors (Lipinski definition) is 2. The smallest absolute Gasteiger partial charge is 0.336 e. The molecular weight excluding hydrogens is 263 g/mol. The predicted molar refractivity (Wildman–Crippen MR) is 68.8 cm³/mol. The molecule has 1 aliphatic heterocycles. The van der Waals surface area contributed by atoms with Crippen LogP contribution in [0.5, 0.6) is 5.75 Å². The Morgan fingerprint density at radius 3 is 2.70 bits per heavy atom. The molecule has 0 saturated heterocycles. The zero-order valence-electron chi connectivity index (χ0n) is 10.3. The maximum atomic E-state index is 13.4. The monoisotopic (exact) mass is 274 g/mol. The number of carboxylic acids is 1. The lowest BCUT2D eigenvalue weighted by molar-refractivity contribution is -0.152. The van der Waals surface area contributed by atoms with E-state index in [9.17, 15) is 14.3 Å². The van der Waals surface area contributed by atoms with E-state index in [1.54, 1.807) is 24.3 Å². The number of rotatable bonds is 2. The topological polar surface area (TPSA) is 66.8 Å². The number of para-hydroxylation sites is 1. The number of benzene rings is 2. The van der Waals surface area contributed by atoms with Crippen LogP contribution in [0.4, 0.5) is 4.39 Å². The molecule has 0 aromatic heterocycles. The van der Waals surface area contributed by atoms with Crippen LogP contribution in [0.25, 0.3) is 11.1 Å². The van der Waals surface area contributed by atoms with Crippen LogP contribution in [0.3, 0.4) is 0 Å². The van der Waals surface area contributed by atoms with Gasteiger partial charge >= 0.3 is 5.97 Å². The lowest BCUT2D eigenvalue weighted by Gasteiger charge is -2.30. The molecule has 3 rings (SSSR count). The Labute approximate surface area is 114 Å². The molecule has 0 fully saturated rings. The number of fused-ring (bicyclic) bond motifs is 3. The molecule has 1 aliphatic rings. The second-order valence-corrected chi connectivity index (χ2v) is 4.55. The number of aliphatic carboxylic acids is 1. The number of carbonyl (C=O) groups is 1. The second-order valence-electron chi connectivity index (χ2n) is 4.55. The van der Waals surface area contributed by atoms with Crippen LogP contribution in [-0.2, 0) is 4.79 Å². The first-order chi connectivity index (χ1) is 9.58. The minimum absolute atomic E-state index is 0.332. The van der Waals surface area contributed by atoms with Crippen LogP contribution in [0.1, 0.15) is 11.7 Å². The average Bonchev–Trinajstić information content (AvgIpc) is 2.45. The minimum atomic E-state index is -1.76. The Hall–Kier alpha value is -2.40. The molecule has 4 nitrogen and oxygen atoms in total. The van der Waals surface area contributed by atoms with Crippen LogP contribution in [0.15, 0.2) is 42.5 Å². The molecule has 2 N–H and O–H groups in total. The maximum Gasteiger partial charge on any atom is 0.336 e. The van der Waals surface area contributed by atoms with Gasteiger partial charge in [-0.15, -0.1) is 0 Å². The van der Waals surface area contributed by atoms with Gasteiger partial charge in [-0.05, 0) is 23.8 Å². The first-order valence-corrected chi connectivity index (χ1v) is 6.04. The summed E-state index contributed by atoms with van der Waals surface area (Å²) in [7, 11) is 0. The van der Waals surface area contributed by atoms with Gasteiger partial charge < -0.3 is 14.9 Å². The van der Waals surface area contributed by atoms with Gasteiger partial charge in [0, 0.05) is 11.1 Å². The number of hydrogen-bond acceptors (Lipinski definition) is 3. The van der Waals surface area contributed by atoms with E-state index in [-0.39, 0.29) is 0 Å². The summed E-state index contributed by atoms with van der Waals surface area (Å²) in [4.78, 5) is 11.0. The third-order valence-electron chi connectivity index (χ3n) is 3.29. The Kier molecular flexibility index (Phi) is 2.91. The highest BCUT2D eigenvalue weighted by molar-refractivity contribution is 5.79. The Morgan fingerprint density at radius 2 is 1.95 bits per heavy atom. The fraction of sp³-hybridized carbons (Fsp3) is 0.133. The van der Waals surface area contributed by atoms with E-state index in [1.807, 2.05) is 6.07 Å². The summed E-state index contributed by atoms with van der Waals surface area (Å²) >= 11 is 0. The molecule has 0 bridgehead atoms. The summed E-state index contributed by atoms with van der Waals surface area (Å²) in [5, 5.41) is 18.7. The van der Waals surface area contributed by atoms with E-state index in [1.165, 1.54) is 12.1 Å². The first-order valence-electron chi connectivity index (χ1n) is 6.04. The summed E-state index contributed by atoms with van der Waals surface area (Å²) in [5.74, 6) is -1.45. The molecule has 2 aromatic carbocycles. The van der Waals surface area contributed by atoms with Gasteiger partial charge in [0.05, 0.1) is 0 Å². The van der Waals surface area contributed by atoms with Crippen LogP contribution in [0, 0.1) is 5.82 Å². The third kappa shape index (κ3) is 1.92. The summed E-state index contributed by atoms with van der Waals surface area (Å²) in [6, 6.07) is 11.1. The van der Waals surface area contributed by atoms with Crippen LogP contribution in [0.2, 0.25) is 0 Å². The van der Waals surface area contributed by atoms with Crippen LogP contribution in [-0.4, -0.2) is 22.3 Å². The van der Waals surface area contributed by atoms with Crippen molar-refractivity contribution < 1.29 is 24.1 Å². The van der Waals surface area contributed by atoms with Crippen LogP contribution >= 0.6 is 0 Å². The quantitative estimate of drug-likeness (QED) is 0.882. The predicted octanol–water partition coefficient (Wildman–Crippen LogP) is 2.37. The molecular formula is C15H11FO4. The first kappa shape index (κ1) is 12.6. The summed E-state index contributed by atoms with van der Waals surface area (Å²) in [6.45, 7) is 0. The molecule has 0 aliphatic carbocycles. The normalized spacial score (nSPS) is 17.6. The van der Waals surface area contributed by atoms with Crippen molar-refractivity contribution in [1.29, 1.82) is 0 Å². The van der Waals surface area contributed by atoms with Crippen LogP contribution < -0.4 is 4.74 Å². The Balaban J connectivity index is 2.19. The molecule has 2 aromatic rings. The molecule has 20 heavy (non-hydrogen) atoms. The van der Waals surface area contributed by atoms with Gasteiger partial charge in [0.2, 0.25) is 0 Å². The molecule has 102 valence electrons. The average molecular weight is 274 g/mol. The highest BCUT2D eigenvalue weighted by Gasteiger charge is 2.35. The standard InChI is InChI=1S/C15H11FO4/c16-8-5-6-9-10-3-1-2-4-12(10)20-14(11(9)7-8)13(17)15(18)19/h1-7,13-14,17H,(H,18,19). The molecule has 0 radical (unpaired) electrons. The van der Waals surface area contributed by atoms with Gasteiger partial charge in [-0.2, -0.15) is 0 Å². The van der Waals surface area contributed by atoms with E-state index >= 15 is 0 Å². The Bertz CT molecular complexity index is 683. The van der Waals surface area contributed by atoms with Crippen molar-refractivity contribution in [3.05, 3.63) is 53.8 Å². The van der Waals surface area contributed by atoms with E-state index in [4.69, 9.17) is 9.84 Å². The van der Waals surface area contributed by atoms with Crippen molar-refractivity contribution in [2.45, 2.75) is 12.2 Å². The second kappa shape index (κ2) is 4.61. The van der Waals surface area contributed by atoms with E-state index in [2.05, 4.69) is 0 Å². The van der Waals surface area contributed by atoms with Gasteiger partial charge in [0.1, 0.15) is 11.6 Å². The lowest BCUT2D eigenvalue weighted by Crippen LogP contribution is -2.33. The molecule has 5 heteroatoms. The zero-order valence-corrected chi connectivity index (χ0v) is 10.3. The Morgan fingerprint density at radius 1 is 1.20 bits per heavy atom. The van der Waals surface area contributed by atoms with Gasteiger partial charge in [-0.25, -0.2) is 9.18 Å². The van der Waals surface area contributed by atoms with Crippen molar-refractivity contribution in [3.63, 3.8) is 0 Å². The zero-order chi connectivity index (χ0) is 14.3. The molecule has 2 atom stereocenters. The van der Waals surface area contributed by atoms with Crippen molar-refractivity contribution >= 4 is 5.97 Å². The van der Waals surface area contributed by atoms with Crippen molar-refractivity contribution in [2.75, 3.05) is 0 Å². The highest BCUT2D eigenvalue weighted by Crippen LogP contribution is 2.43.